The predicted octanol–water partition coefficient (Wildman–Crippen LogP) is 6.85. The number of alkyl halides is 4. The smallest absolute Gasteiger partial charge is 0.393 e. The Morgan fingerprint density at radius 3 is 2.60 bits per heavy atom. The second-order valence-electron chi connectivity index (χ2n) is 11.2. The van der Waals surface area contributed by atoms with Crippen molar-refractivity contribution in [1.29, 1.82) is 0 Å². The minimum Gasteiger partial charge on any atom is -0.495 e. The molecule has 0 aliphatic carbocycles. The van der Waals surface area contributed by atoms with E-state index in [0.717, 1.165) is 25.1 Å². The van der Waals surface area contributed by atoms with E-state index in [4.69, 9.17) is 9.47 Å². The third kappa shape index (κ3) is 7.94. The van der Waals surface area contributed by atoms with Gasteiger partial charge in [-0.3, -0.25) is 4.90 Å². The fourth-order valence-electron chi connectivity index (χ4n) is 5.80. The Hall–Kier alpha value is -2.57. The Balaban J connectivity index is 1.34. The SMILES string of the molecule is COc1cc(P(C)C)ccc1NCC#Cc1sc2c(N[C@@H]3CCN(C4CCOCC4)C[C@@H]3F)cccc2c1CC(F)(F)F. The maximum Gasteiger partial charge on any atom is 0.393 e. The molecule has 2 fully saturated rings. The first-order valence-corrected chi connectivity index (χ1v) is 17.6. The van der Waals surface area contributed by atoms with Gasteiger partial charge in [0, 0.05) is 32.3 Å². The Morgan fingerprint density at radius 1 is 1.12 bits per heavy atom. The molecule has 3 heterocycles. The van der Waals surface area contributed by atoms with Crippen LogP contribution in [0.2, 0.25) is 0 Å². The van der Waals surface area contributed by atoms with E-state index < -0.39 is 24.8 Å². The molecular formula is C32H38F4N3O2PS. The average Bonchev–Trinajstić information content (AvgIpc) is 3.33. The predicted molar refractivity (Wildman–Crippen MR) is 171 cm³/mol. The van der Waals surface area contributed by atoms with E-state index in [1.165, 1.54) is 16.6 Å². The van der Waals surface area contributed by atoms with Gasteiger partial charge < -0.3 is 20.1 Å². The molecule has 0 unspecified atom stereocenters. The molecule has 2 atom stereocenters. The minimum absolute atomic E-state index is 0.163. The summed E-state index contributed by atoms with van der Waals surface area (Å²) in [6.45, 7) is 7.11. The molecule has 5 nitrogen and oxygen atoms in total. The number of halogens is 4. The molecule has 43 heavy (non-hydrogen) atoms. The van der Waals surface area contributed by atoms with E-state index in [9.17, 15) is 13.2 Å². The van der Waals surface area contributed by atoms with E-state index in [2.05, 4.69) is 40.7 Å². The van der Waals surface area contributed by atoms with E-state index in [-0.39, 0.29) is 20.0 Å². The van der Waals surface area contributed by atoms with E-state index in [1.807, 2.05) is 24.3 Å². The molecule has 2 aliphatic rings. The molecule has 232 valence electrons. The normalized spacial score (nSPS) is 20.2. The number of piperidine rings is 1. The summed E-state index contributed by atoms with van der Waals surface area (Å²) in [5, 5.41) is 8.28. The van der Waals surface area contributed by atoms with Crippen molar-refractivity contribution in [3.8, 4) is 17.6 Å². The van der Waals surface area contributed by atoms with Crippen LogP contribution in [0.4, 0.5) is 28.9 Å². The number of fused-ring (bicyclic) bond motifs is 1. The molecule has 0 spiro atoms. The van der Waals surface area contributed by atoms with Crippen LogP contribution >= 0.6 is 19.3 Å². The van der Waals surface area contributed by atoms with Crippen LogP contribution < -0.4 is 20.7 Å². The largest absolute Gasteiger partial charge is 0.495 e. The molecule has 2 N–H and O–H groups in total. The van der Waals surface area contributed by atoms with Gasteiger partial charge in [-0.25, -0.2) is 4.39 Å². The van der Waals surface area contributed by atoms with Crippen molar-refractivity contribution >= 4 is 46.0 Å². The highest BCUT2D eigenvalue weighted by Crippen LogP contribution is 2.40. The van der Waals surface area contributed by atoms with Gasteiger partial charge in [0.15, 0.2) is 0 Å². The van der Waals surface area contributed by atoms with Crippen molar-refractivity contribution in [1.82, 2.24) is 4.90 Å². The molecule has 0 bridgehead atoms. The number of anilines is 2. The van der Waals surface area contributed by atoms with Crippen LogP contribution in [0.5, 0.6) is 5.75 Å². The lowest BCUT2D eigenvalue weighted by Crippen LogP contribution is -2.52. The Bertz CT molecular complexity index is 1460. The third-order valence-corrected chi connectivity index (χ3v) is 10.6. The number of hydrogen-bond donors (Lipinski definition) is 2. The van der Waals surface area contributed by atoms with E-state index >= 15 is 4.39 Å². The number of ether oxygens (including phenoxy) is 2. The van der Waals surface area contributed by atoms with Crippen molar-refractivity contribution in [2.45, 2.75) is 50.1 Å². The fourth-order valence-corrected chi connectivity index (χ4v) is 7.72. The molecule has 2 saturated heterocycles. The summed E-state index contributed by atoms with van der Waals surface area (Å²) in [6.07, 6.45) is -4.09. The first kappa shape index (κ1) is 31.8. The number of thiophene rings is 1. The average molecular weight is 636 g/mol. The van der Waals surface area contributed by atoms with Gasteiger partial charge in [-0.2, -0.15) is 13.2 Å². The summed E-state index contributed by atoms with van der Waals surface area (Å²) in [5.74, 6) is 6.70. The number of nitrogens with one attached hydrogen (secondary N) is 2. The quantitative estimate of drug-likeness (QED) is 0.161. The number of likely N-dealkylation sites (tertiary alicyclic amines) is 1. The second kappa shape index (κ2) is 14.0. The van der Waals surface area contributed by atoms with Crippen LogP contribution in [0.25, 0.3) is 10.1 Å². The zero-order valence-corrected chi connectivity index (χ0v) is 26.4. The number of benzene rings is 2. The van der Waals surface area contributed by atoms with Gasteiger partial charge in [-0.1, -0.05) is 38.0 Å². The highest BCUT2D eigenvalue weighted by molar-refractivity contribution is 7.64. The highest BCUT2D eigenvalue weighted by Gasteiger charge is 2.34. The summed E-state index contributed by atoms with van der Waals surface area (Å²) < 4.78 is 68.1. The molecule has 0 radical (unpaired) electrons. The monoisotopic (exact) mass is 635 g/mol. The van der Waals surface area contributed by atoms with Gasteiger partial charge in [0.1, 0.15) is 11.9 Å². The number of nitrogens with zero attached hydrogens (tertiary/aromatic N) is 1. The van der Waals surface area contributed by atoms with Gasteiger partial charge in [0.2, 0.25) is 0 Å². The molecule has 2 aromatic carbocycles. The molecule has 5 rings (SSSR count). The van der Waals surface area contributed by atoms with Crippen LogP contribution in [-0.2, 0) is 11.2 Å². The highest BCUT2D eigenvalue weighted by atomic mass is 32.1. The van der Waals surface area contributed by atoms with E-state index in [1.54, 1.807) is 19.2 Å². The molecule has 11 heteroatoms. The number of rotatable bonds is 8. The molecule has 0 saturated carbocycles. The summed E-state index contributed by atoms with van der Waals surface area (Å²) in [6, 6.07) is 11.2. The zero-order valence-electron chi connectivity index (χ0n) is 24.7. The number of hydrogen-bond acceptors (Lipinski definition) is 6. The van der Waals surface area contributed by atoms with Crippen LogP contribution in [0.15, 0.2) is 36.4 Å². The van der Waals surface area contributed by atoms with Crippen LogP contribution in [0.1, 0.15) is 29.7 Å². The van der Waals surface area contributed by atoms with Crippen molar-refractivity contribution in [3.63, 3.8) is 0 Å². The first-order chi connectivity index (χ1) is 20.6. The van der Waals surface area contributed by atoms with Gasteiger partial charge in [0.25, 0.3) is 0 Å². The lowest BCUT2D eigenvalue weighted by molar-refractivity contribution is -0.126. The number of methoxy groups -OCH3 is 1. The summed E-state index contributed by atoms with van der Waals surface area (Å²) in [7, 11) is 1.33. The van der Waals surface area contributed by atoms with Gasteiger partial charge >= 0.3 is 6.18 Å². The topological polar surface area (TPSA) is 45.8 Å². The van der Waals surface area contributed by atoms with E-state index in [0.29, 0.717) is 58.6 Å². The maximum absolute atomic E-state index is 15.4. The molecule has 3 aromatic rings. The maximum atomic E-state index is 15.4. The lowest BCUT2D eigenvalue weighted by atomic mass is 9.98. The van der Waals surface area contributed by atoms with Crippen molar-refractivity contribution < 1.29 is 27.0 Å². The second-order valence-corrected chi connectivity index (χ2v) is 14.5. The Morgan fingerprint density at radius 2 is 1.91 bits per heavy atom. The van der Waals surface area contributed by atoms with Crippen LogP contribution in [0.3, 0.4) is 0 Å². The van der Waals surface area contributed by atoms with Gasteiger partial charge in [0.05, 0.1) is 47.1 Å². The fraction of sp³-hybridized carbons (Fsp3) is 0.500. The summed E-state index contributed by atoms with van der Waals surface area (Å²) in [5.41, 5.74) is 1.59. The molecule has 0 amide bonds. The van der Waals surface area contributed by atoms with Crippen molar-refractivity contribution in [3.05, 3.63) is 46.8 Å². The summed E-state index contributed by atoms with van der Waals surface area (Å²) in [4.78, 5) is 2.59. The molecular weight excluding hydrogens is 597 g/mol. The summed E-state index contributed by atoms with van der Waals surface area (Å²) >= 11 is 1.23. The third-order valence-electron chi connectivity index (χ3n) is 8.09. The first-order valence-electron chi connectivity index (χ1n) is 14.5. The van der Waals surface area contributed by atoms with Crippen LogP contribution in [0, 0.1) is 11.8 Å². The Labute approximate surface area is 256 Å². The van der Waals surface area contributed by atoms with Gasteiger partial charge in [-0.15, -0.1) is 11.3 Å². The van der Waals surface area contributed by atoms with Gasteiger partial charge in [-0.05, 0) is 67.0 Å². The molecule has 1 aromatic heterocycles. The lowest BCUT2D eigenvalue weighted by Gasteiger charge is -2.41. The minimum atomic E-state index is -4.39. The Kier molecular flexibility index (Phi) is 10.4. The van der Waals surface area contributed by atoms with Crippen molar-refractivity contribution in [2.24, 2.45) is 0 Å². The van der Waals surface area contributed by atoms with Crippen LogP contribution in [-0.4, -0.2) is 82.6 Å². The zero-order chi connectivity index (χ0) is 30.6. The van der Waals surface area contributed by atoms with Crippen molar-refractivity contribution in [2.75, 3.05) is 63.9 Å². The molecule has 2 aliphatic heterocycles. The standard InChI is InChI=1S/C32H38F4N3O2PS/c1-40-29-18-22(42(2)3)9-10-27(29)37-14-5-8-30-24(19-32(34,35)36)23-6-4-7-28(31(23)43-30)38-26-11-15-39(20-25(26)33)21-12-16-41-17-13-21/h4,6-7,9-10,18,21,25-26,37-38H,11-17,19-20H2,1-3H3/t25-,26+/m0/s1.